The van der Waals surface area contributed by atoms with Crippen LogP contribution < -0.4 is 11.1 Å². The molecule has 4 fully saturated rings. The molecule has 0 aromatic heterocycles. The molecule has 1 amide bonds. The van der Waals surface area contributed by atoms with Crippen molar-refractivity contribution in [1.82, 2.24) is 5.32 Å². The molecule has 0 aromatic rings. The van der Waals surface area contributed by atoms with E-state index in [0.29, 0.717) is 11.8 Å². The summed E-state index contributed by atoms with van der Waals surface area (Å²) in [7, 11) is 0. The molecule has 4 N–H and O–H groups in total. The van der Waals surface area contributed by atoms with E-state index in [4.69, 9.17) is 5.73 Å². The van der Waals surface area contributed by atoms with Gasteiger partial charge in [0.15, 0.2) is 0 Å². The van der Waals surface area contributed by atoms with E-state index in [2.05, 4.69) is 5.32 Å². The SMILES string of the molecule is NCC(=O)NC1(C(=O)O)C2CC3CC(C2)CC1C3. The smallest absolute Gasteiger partial charge is 0.330 e. The Morgan fingerprint density at radius 3 is 2.00 bits per heavy atom. The lowest BCUT2D eigenvalue weighted by atomic mass is 9.48. The first-order valence-corrected chi connectivity index (χ1v) is 6.80. The number of carboxylic acid groups (broad SMARTS) is 1. The van der Waals surface area contributed by atoms with Crippen LogP contribution in [0.1, 0.15) is 32.1 Å². The Morgan fingerprint density at radius 2 is 1.61 bits per heavy atom. The summed E-state index contributed by atoms with van der Waals surface area (Å²) >= 11 is 0. The number of carboxylic acids is 1. The van der Waals surface area contributed by atoms with Crippen LogP contribution in [0, 0.1) is 23.7 Å². The zero-order chi connectivity index (χ0) is 12.9. The fourth-order valence-electron chi connectivity index (χ4n) is 4.82. The van der Waals surface area contributed by atoms with E-state index in [1.807, 2.05) is 0 Å². The number of aliphatic carboxylic acids is 1. The van der Waals surface area contributed by atoms with Crippen molar-refractivity contribution in [3.8, 4) is 0 Å². The number of carbonyl (C=O) groups is 2. The van der Waals surface area contributed by atoms with Gasteiger partial charge in [-0.1, -0.05) is 0 Å². The van der Waals surface area contributed by atoms with Crippen molar-refractivity contribution in [3.05, 3.63) is 0 Å². The van der Waals surface area contributed by atoms with Crippen LogP contribution in [0.25, 0.3) is 0 Å². The molecule has 0 aliphatic heterocycles. The fourth-order valence-corrected chi connectivity index (χ4v) is 4.82. The maximum absolute atomic E-state index is 11.8. The van der Waals surface area contributed by atoms with Gasteiger partial charge in [0.1, 0.15) is 5.54 Å². The summed E-state index contributed by atoms with van der Waals surface area (Å²) in [4.78, 5) is 23.4. The molecule has 5 heteroatoms. The van der Waals surface area contributed by atoms with Gasteiger partial charge in [-0.15, -0.1) is 0 Å². The van der Waals surface area contributed by atoms with Gasteiger partial charge in [-0.3, -0.25) is 4.79 Å². The molecule has 0 atom stereocenters. The first-order valence-electron chi connectivity index (χ1n) is 6.80. The standard InChI is InChI=1S/C13H20N2O3/c14-6-11(16)15-13(12(17)18)9-2-7-1-8(4-9)5-10(13)3-7/h7-10H,1-6,14H2,(H,15,16)(H,17,18). The van der Waals surface area contributed by atoms with Gasteiger partial charge in [0, 0.05) is 0 Å². The van der Waals surface area contributed by atoms with Gasteiger partial charge in [0.2, 0.25) is 5.91 Å². The highest BCUT2D eigenvalue weighted by Gasteiger charge is 2.61. The summed E-state index contributed by atoms with van der Waals surface area (Å²) in [6.07, 6.45) is 5.05. The van der Waals surface area contributed by atoms with Gasteiger partial charge in [0.25, 0.3) is 0 Å². The van der Waals surface area contributed by atoms with E-state index >= 15 is 0 Å². The maximum atomic E-state index is 11.8. The molecule has 0 saturated heterocycles. The van der Waals surface area contributed by atoms with E-state index in [1.54, 1.807) is 0 Å². The summed E-state index contributed by atoms with van der Waals surface area (Å²) in [5, 5.41) is 12.4. The lowest BCUT2D eigenvalue weighted by molar-refractivity contribution is -0.167. The lowest BCUT2D eigenvalue weighted by Crippen LogP contribution is -2.70. The number of amides is 1. The van der Waals surface area contributed by atoms with Crippen molar-refractivity contribution in [2.45, 2.75) is 37.6 Å². The van der Waals surface area contributed by atoms with Gasteiger partial charge in [-0.2, -0.15) is 0 Å². The molecule has 0 aromatic carbocycles. The molecule has 4 saturated carbocycles. The Bertz CT molecular complexity index is 366. The predicted molar refractivity (Wildman–Crippen MR) is 64.6 cm³/mol. The van der Waals surface area contributed by atoms with Gasteiger partial charge in [0.05, 0.1) is 6.54 Å². The Morgan fingerprint density at radius 1 is 1.11 bits per heavy atom. The quantitative estimate of drug-likeness (QED) is 0.675. The van der Waals surface area contributed by atoms with Crippen molar-refractivity contribution >= 4 is 11.9 Å². The zero-order valence-corrected chi connectivity index (χ0v) is 10.4. The fraction of sp³-hybridized carbons (Fsp3) is 0.846. The summed E-state index contributed by atoms with van der Waals surface area (Å²) in [5.41, 5.74) is 4.29. The maximum Gasteiger partial charge on any atom is 0.330 e. The van der Waals surface area contributed by atoms with Crippen LogP contribution in [0.3, 0.4) is 0 Å². The molecule has 100 valence electrons. The molecule has 4 aliphatic carbocycles. The van der Waals surface area contributed by atoms with Crippen molar-refractivity contribution < 1.29 is 14.7 Å². The van der Waals surface area contributed by atoms with Crippen LogP contribution in [0.2, 0.25) is 0 Å². The van der Waals surface area contributed by atoms with Gasteiger partial charge >= 0.3 is 5.97 Å². The molecule has 4 rings (SSSR count). The number of nitrogens with one attached hydrogen (secondary N) is 1. The van der Waals surface area contributed by atoms with Crippen molar-refractivity contribution in [3.63, 3.8) is 0 Å². The lowest BCUT2D eigenvalue weighted by Gasteiger charge is -2.59. The van der Waals surface area contributed by atoms with E-state index in [0.717, 1.165) is 25.7 Å². The highest BCUT2D eigenvalue weighted by molar-refractivity contribution is 5.88. The number of hydrogen-bond acceptors (Lipinski definition) is 3. The van der Waals surface area contributed by atoms with Crippen LogP contribution in [0.5, 0.6) is 0 Å². The van der Waals surface area contributed by atoms with Crippen LogP contribution in [0.4, 0.5) is 0 Å². The summed E-state index contributed by atoms with van der Waals surface area (Å²) in [6.45, 7) is -0.138. The van der Waals surface area contributed by atoms with Crippen LogP contribution >= 0.6 is 0 Å². The Balaban J connectivity index is 1.94. The minimum atomic E-state index is -1.04. The number of carbonyl (C=O) groups excluding carboxylic acids is 1. The van der Waals surface area contributed by atoms with Crippen LogP contribution in [0.15, 0.2) is 0 Å². The minimum absolute atomic E-state index is 0.0988. The highest BCUT2D eigenvalue weighted by Crippen LogP contribution is 2.58. The van der Waals surface area contributed by atoms with Crippen LogP contribution in [-0.2, 0) is 9.59 Å². The Labute approximate surface area is 106 Å². The Hall–Kier alpha value is -1.10. The normalized spacial score (nSPS) is 44.9. The highest BCUT2D eigenvalue weighted by atomic mass is 16.4. The molecular weight excluding hydrogens is 232 g/mol. The van der Waals surface area contributed by atoms with E-state index in [9.17, 15) is 14.7 Å². The number of rotatable bonds is 3. The van der Waals surface area contributed by atoms with Crippen molar-refractivity contribution in [2.24, 2.45) is 29.4 Å². The molecule has 5 nitrogen and oxygen atoms in total. The second-order valence-corrected chi connectivity index (χ2v) is 6.23. The molecule has 4 aliphatic rings. The zero-order valence-electron chi connectivity index (χ0n) is 10.4. The topological polar surface area (TPSA) is 92.4 Å². The predicted octanol–water partition coefficient (Wildman–Crippen LogP) is 0.341. The molecule has 0 unspecified atom stereocenters. The van der Waals surface area contributed by atoms with E-state index in [-0.39, 0.29) is 24.3 Å². The first-order chi connectivity index (χ1) is 8.56. The summed E-state index contributed by atoms with van der Waals surface area (Å²) in [5.74, 6) is 0.344. The first kappa shape index (κ1) is 12.0. The summed E-state index contributed by atoms with van der Waals surface area (Å²) in [6, 6.07) is 0. The molecular formula is C13H20N2O3. The molecule has 0 radical (unpaired) electrons. The third kappa shape index (κ3) is 1.49. The third-order valence-corrected chi connectivity index (χ3v) is 5.31. The van der Waals surface area contributed by atoms with Crippen molar-refractivity contribution in [1.29, 1.82) is 0 Å². The molecule has 0 heterocycles. The second-order valence-electron chi connectivity index (χ2n) is 6.23. The molecule has 0 spiro atoms. The molecule has 4 bridgehead atoms. The minimum Gasteiger partial charge on any atom is -0.479 e. The third-order valence-electron chi connectivity index (χ3n) is 5.31. The van der Waals surface area contributed by atoms with Gasteiger partial charge < -0.3 is 16.2 Å². The Kier molecular flexibility index (Phi) is 2.62. The average molecular weight is 252 g/mol. The average Bonchev–Trinajstić information content (AvgIpc) is 2.32. The monoisotopic (exact) mass is 252 g/mol. The largest absolute Gasteiger partial charge is 0.479 e. The summed E-state index contributed by atoms with van der Waals surface area (Å²) < 4.78 is 0. The van der Waals surface area contributed by atoms with Crippen molar-refractivity contribution in [2.75, 3.05) is 6.54 Å². The van der Waals surface area contributed by atoms with Crippen LogP contribution in [-0.4, -0.2) is 29.1 Å². The van der Waals surface area contributed by atoms with E-state index in [1.165, 1.54) is 6.42 Å². The van der Waals surface area contributed by atoms with Gasteiger partial charge in [-0.25, -0.2) is 4.79 Å². The second kappa shape index (κ2) is 3.95. The van der Waals surface area contributed by atoms with E-state index < -0.39 is 11.5 Å². The van der Waals surface area contributed by atoms with Gasteiger partial charge in [-0.05, 0) is 55.8 Å². The molecule has 18 heavy (non-hydrogen) atoms. The number of hydrogen-bond donors (Lipinski definition) is 3. The number of nitrogens with two attached hydrogens (primary N) is 1.